The third kappa shape index (κ3) is 5.23. The molecule has 1 aromatic heterocycles. The zero-order valence-corrected chi connectivity index (χ0v) is 16.3. The summed E-state index contributed by atoms with van der Waals surface area (Å²) in [5, 5.41) is 15.0. The van der Waals surface area contributed by atoms with Gasteiger partial charge < -0.3 is 20.4 Å². The summed E-state index contributed by atoms with van der Waals surface area (Å²) in [6, 6.07) is 15.0. The Bertz CT molecular complexity index is 1130. The molecule has 2 amide bonds. The summed E-state index contributed by atoms with van der Waals surface area (Å²) in [6.45, 7) is 0.796. The van der Waals surface area contributed by atoms with E-state index in [1.54, 1.807) is 24.4 Å². The molecule has 0 aliphatic rings. The van der Waals surface area contributed by atoms with Gasteiger partial charge in [-0.1, -0.05) is 24.3 Å². The molecule has 0 fully saturated rings. The minimum absolute atomic E-state index is 0.217. The van der Waals surface area contributed by atoms with Gasteiger partial charge >= 0.3 is 5.97 Å². The minimum Gasteiger partial charge on any atom is -0.454 e. The summed E-state index contributed by atoms with van der Waals surface area (Å²) in [5.41, 5.74) is 2.59. The number of rotatable bonds is 7. The lowest BCUT2D eigenvalue weighted by molar-refractivity contribution is -0.150. The normalized spacial score (nSPS) is 11.3. The van der Waals surface area contributed by atoms with Crippen LogP contribution >= 0.6 is 0 Å². The van der Waals surface area contributed by atoms with Crippen molar-refractivity contribution in [3.05, 3.63) is 65.9 Å². The Morgan fingerprint density at radius 1 is 1.17 bits per heavy atom. The Hall–Kier alpha value is -4.12. The number of nitrogens with zero attached hydrogens (tertiary/aromatic N) is 1. The number of carbonyl (C=O) groups is 3. The highest BCUT2D eigenvalue weighted by Crippen LogP contribution is 2.19. The number of para-hydroxylation sites is 1. The van der Waals surface area contributed by atoms with Gasteiger partial charge in [-0.2, -0.15) is 5.26 Å². The molecule has 3 aromatic rings. The highest BCUT2D eigenvalue weighted by Gasteiger charge is 2.23. The molecule has 0 saturated carbocycles. The highest BCUT2D eigenvalue weighted by molar-refractivity contribution is 5.94. The Balaban J connectivity index is 1.63. The smallest absolute Gasteiger partial charge is 0.329 e. The maximum Gasteiger partial charge on any atom is 0.329 e. The fourth-order valence-electron chi connectivity index (χ4n) is 3.06. The molecule has 8 heteroatoms. The monoisotopic (exact) mass is 404 g/mol. The van der Waals surface area contributed by atoms with Gasteiger partial charge in [-0.05, 0) is 29.8 Å². The quantitative estimate of drug-likeness (QED) is 0.521. The maximum atomic E-state index is 12.5. The number of carbonyl (C=O) groups excluding carboxylic acids is 3. The summed E-state index contributed by atoms with van der Waals surface area (Å²) >= 11 is 0. The van der Waals surface area contributed by atoms with Crippen molar-refractivity contribution in [1.29, 1.82) is 5.26 Å². The summed E-state index contributed by atoms with van der Waals surface area (Å²) in [7, 11) is 0. The van der Waals surface area contributed by atoms with Crippen LogP contribution in [-0.4, -0.2) is 35.4 Å². The van der Waals surface area contributed by atoms with Crippen LogP contribution in [0.25, 0.3) is 10.9 Å². The number of hydrogen-bond acceptors (Lipinski definition) is 5. The lowest BCUT2D eigenvalue weighted by atomic mass is 10.0. The van der Waals surface area contributed by atoms with Gasteiger partial charge in [-0.3, -0.25) is 9.59 Å². The van der Waals surface area contributed by atoms with Gasteiger partial charge in [0.2, 0.25) is 5.91 Å². The van der Waals surface area contributed by atoms with Crippen LogP contribution in [-0.2, 0) is 25.5 Å². The molecule has 0 radical (unpaired) electrons. The van der Waals surface area contributed by atoms with E-state index in [-0.39, 0.29) is 12.3 Å². The molecule has 3 N–H and O–H groups in total. The van der Waals surface area contributed by atoms with Crippen LogP contribution in [0.15, 0.2) is 54.7 Å². The van der Waals surface area contributed by atoms with Gasteiger partial charge in [0.05, 0.1) is 11.6 Å². The van der Waals surface area contributed by atoms with Crippen LogP contribution in [0.4, 0.5) is 5.69 Å². The standard InChI is InChI=1S/C22H20N4O4/c1-14(27)25-20(10-16-12-24-19-8-3-2-7-18(16)19)22(29)30-13-21(28)26-17-6-4-5-15(9-17)11-23/h2-9,12,20,24H,10,13H2,1H3,(H,25,27)(H,26,28)/t20-/m0/s1. The fourth-order valence-corrected chi connectivity index (χ4v) is 3.06. The molecule has 0 bridgehead atoms. The number of esters is 1. The predicted octanol–water partition coefficient (Wildman–Crippen LogP) is 2.27. The zero-order chi connectivity index (χ0) is 21.5. The van der Waals surface area contributed by atoms with Crippen LogP contribution in [0.2, 0.25) is 0 Å². The van der Waals surface area contributed by atoms with Gasteiger partial charge in [0.15, 0.2) is 6.61 Å². The van der Waals surface area contributed by atoms with Crippen LogP contribution in [0.3, 0.4) is 0 Å². The van der Waals surface area contributed by atoms with E-state index in [1.807, 2.05) is 30.3 Å². The SMILES string of the molecule is CC(=O)N[C@@H](Cc1c[nH]c2ccccc12)C(=O)OCC(=O)Nc1cccc(C#N)c1. The van der Waals surface area contributed by atoms with Gasteiger partial charge in [-0.25, -0.2) is 4.79 Å². The zero-order valence-electron chi connectivity index (χ0n) is 16.3. The topological polar surface area (TPSA) is 124 Å². The van der Waals surface area contributed by atoms with Crippen LogP contribution in [0.5, 0.6) is 0 Å². The van der Waals surface area contributed by atoms with E-state index in [4.69, 9.17) is 10.00 Å². The predicted molar refractivity (Wildman–Crippen MR) is 110 cm³/mol. The average Bonchev–Trinajstić information content (AvgIpc) is 3.14. The second kappa shape index (κ2) is 9.39. The first-order valence-electron chi connectivity index (χ1n) is 9.25. The lowest BCUT2D eigenvalue weighted by Gasteiger charge is -2.16. The van der Waals surface area contributed by atoms with Crippen molar-refractivity contribution in [2.75, 3.05) is 11.9 Å². The largest absolute Gasteiger partial charge is 0.454 e. The minimum atomic E-state index is -0.934. The van der Waals surface area contributed by atoms with E-state index in [0.717, 1.165) is 16.5 Å². The number of aromatic amines is 1. The Morgan fingerprint density at radius 2 is 1.97 bits per heavy atom. The second-order valence-corrected chi connectivity index (χ2v) is 6.67. The molecule has 1 heterocycles. The van der Waals surface area contributed by atoms with Crippen molar-refractivity contribution in [2.24, 2.45) is 0 Å². The number of anilines is 1. The molecule has 0 aliphatic heterocycles. The summed E-state index contributed by atoms with van der Waals surface area (Å²) < 4.78 is 5.12. The second-order valence-electron chi connectivity index (χ2n) is 6.67. The van der Waals surface area contributed by atoms with Gasteiger partial charge in [-0.15, -0.1) is 0 Å². The van der Waals surface area contributed by atoms with Crippen molar-refractivity contribution in [3.63, 3.8) is 0 Å². The molecule has 152 valence electrons. The van der Waals surface area contributed by atoms with Crippen molar-refractivity contribution >= 4 is 34.4 Å². The number of aromatic nitrogens is 1. The Labute approximate surface area is 172 Å². The van der Waals surface area contributed by atoms with Gasteiger partial charge in [0, 0.05) is 36.1 Å². The van der Waals surface area contributed by atoms with E-state index in [1.165, 1.54) is 13.0 Å². The van der Waals surface area contributed by atoms with Crippen molar-refractivity contribution in [1.82, 2.24) is 10.3 Å². The van der Waals surface area contributed by atoms with Crippen LogP contribution in [0.1, 0.15) is 18.1 Å². The van der Waals surface area contributed by atoms with Gasteiger partial charge in [0.25, 0.3) is 5.91 Å². The molecule has 0 aliphatic carbocycles. The third-order valence-corrected chi connectivity index (χ3v) is 4.38. The summed E-state index contributed by atoms with van der Waals surface area (Å²) in [4.78, 5) is 39.3. The molecule has 2 aromatic carbocycles. The number of ether oxygens (including phenoxy) is 1. The number of nitriles is 1. The first kappa shape index (κ1) is 20.6. The van der Waals surface area contributed by atoms with Gasteiger partial charge in [0.1, 0.15) is 6.04 Å². The molecule has 0 unspecified atom stereocenters. The number of hydrogen-bond donors (Lipinski definition) is 3. The lowest BCUT2D eigenvalue weighted by Crippen LogP contribution is -2.43. The van der Waals surface area contributed by atoms with E-state index < -0.39 is 24.5 Å². The number of amides is 2. The number of benzene rings is 2. The van der Waals surface area contributed by atoms with Crippen molar-refractivity contribution < 1.29 is 19.1 Å². The molecule has 0 saturated heterocycles. The molecule has 1 atom stereocenters. The fraction of sp³-hybridized carbons (Fsp3) is 0.182. The van der Waals surface area contributed by atoms with E-state index in [9.17, 15) is 14.4 Å². The van der Waals surface area contributed by atoms with Crippen LogP contribution < -0.4 is 10.6 Å². The number of fused-ring (bicyclic) bond motifs is 1. The van der Waals surface area contributed by atoms with Crippen molar-refractivity contribution in [2.45, 2.75) is 19.4 Å². The molecular weight excluding hydrogens is 384 g/mol. The Kier molecular flexibility index (Phi) is 6.45. The van der Waals surface area contributed by atoms with E-state index in [0.29, 0.717) is 11.3 Å². The molecule has 30 heavy (non-hydrogen) atoms. The van der Waals surface area contributed by atoms with E-state index in [2.05, 4.69) is 15.6 Å². The molecular formula is C22H20N4O4. The first-order valence-corrected chi connectivity index (χ1v) is 9.25. The molecule has 3 rings (SSSR count). The highest BCUT2D eigenvalue weighted by atomic mass is 16.5. The Morgan fingerprint density at radius 3 is 2.73 bits per heavy atom. The number of nitrogens with one attached hydrogen (secondary N) is 3. The third-order valence-electron chi connectivity index (χ3n) is 4.38. The van der Waals surface area contributed by atoms with Crippen LogP contribution in [0, 0.1) is 11.3 Å². The number of H-pyrrole nitrogens is 1. The summed E-state index contributed by atoms with van der Waals surface area (Å²) in [6.07, 6.45) is 2.00. The maximum absolute atomic E-state index is 12.5. The van der Waals surface area contributed by atoms with Crippen molar-refractivity contribution in [3.8, 4) is 6.07 Å². The summed E-state index contributed by atoms with van der Waals surface area (Å²) in [5.74, 6) is -1.64. The first-order chi connectivity index (χ1) is 14.5. The molecule has 0 spiro atoms. The molecule has 8 nitrogen and oxygen atoms in total. The van der Waals surface area contributed by atoms with E-state index >= 15 is 0 Å². The average molecular weight is 404 g/mol.